The molecule has 2 aromatic rings. The molecular weight excluding hydrogens is 278 g/mol. The fraction of sp³-hybridized carbons (Fsp3) is 0.438. The van der Waals surface area contributed by atoms with E-state index in [1.807, 2.05) is 31.2 Å². The van der Waals surface area contributed by atoms with Crippen molar-refractivity contribution in [1.82, 2.24) is 15.0 Å². The van der Waals surface area contributed by atoms with Crippen LogP contribution in [0.4, 0.5) is 5.69 Å². The highest BCUT2D eigenvalue weighted by Crippen LogP contribution is 2.32. The van der Waals surface area contributed by atoms with E-state index in [1.54, 1.807) is 17.1 Å². The molecule has 6 heteroatoms. The highest BCUT2D eigenvalue weighted by Gasteiger charge is 2.37. The molecule has 0 radical (unpaired) electrons. The molecule has 1 aromatic carbocycles. The number of rotatable bonds is 3. The molecule has 1 aliphatic carbocycles. The van der Waals surface area contributed by atoms with Gasteiger partial charge in [0.2, 0.25) is 5.91 Å². The van der Waals surface area contributed by atoms with Gasteiger partial charge in [0.25, 0.3) is 0 Å². The molecule has 0 bridgehead atoms. The number of benzene rings is 1. The number of amides is 1. The van der Waals surface area contributed by atoms with E-state index >= 15 is 0 Å². The molecule has 6 nitrogen and oxygen atoms in total. The largest absolute Gasteiger partial charge is 0.326 e. The molecule has 0 saturated heterocycles. The Hall–Kier alpha value is -2.21. The van der Waals surface area contributed by atoms with Crippen molar-refractivity contribution in [3.63, 3.8) is 0 Å². The van der Waals surface area contributed by atoms with Crippen LogP contribution in [0, 0.1) is 5.92 Å². The Bertz CT molecular complexity index is 633. The van der Waals surface area contributed by atoms with Crippen LogP contribution in [0.15, 0.2) is 36.7 Å². The van der Waals surface area contributed by atoms with Gasteiger partial charge in [-0.05, 0) is 44.0 Å². The van der Waals surface area contributed by atoms with Crippen molar-refractivity contribution in [3.8, 4) is 5.69 Å². The fourth-order valence-electron chi connectivity index (χ4n) is 3.06. The van der Waals surface area contributed by atoms with Gasteiger partial charge in [-0.3, -0.25) is 4.79 Å². The van der Waals surface area contributed by atoms with E-state index in [4.69, 9.17) is 5.73 Å². The molecule has 2 atom stereocenters. The number of nitrogens with one attached hydrogen (secondary N) is 1. The number of anilines is 1. The summed E-state index contributed by atoms with van der Waals surface area (Å²) < 4.78 is 1.67. The van der Waals surface area contributed by atoms with Crippen molar-refractivity contribution in [1.29, 1.82) is 0 Å². The lowest BCUT2D eigenvalue weighted by Gasteiger charge is -2.37. The molecule has 1 heterocycles. The summed E-state index contributed by atoms with van der Waals surface area (Å²) in [4.78, 5) is 12.5. The summed E-state index contributed by atoms with van der Waals surface area (Å²) in [5.41, 5.74) is 7.55. The fourth-order valence-corrected chi connectivity index (χ4v) is 3.06. The second kappa shape index (κ2) is 5.88. The van der Waals surface area contributed by atoms with Gasteiger partial charge in [0.05, 0.1) is 24.0 Å². The number of nitrogens with zero attached hydrogens (tertiary/aromatic N) is 3. The number of aromatic nitrogens is 3. The van der Waals surface area contributed by atoms with Gasteiger partial charge in [-0.1, -0.05) is 18.1 Å². The highest BCUT2D eigenvalue weighted by atomic mass is 16.1. The topological polar surface area (TPSA) is 85.8 Å². The number of hydrogen-bond donors (Lipinski definition) is 2. The minimum absolute atomic E-state index is 0.0122. The van der Waals surface area contributed by atoms with Gasteiger partial charge in [-0.2, -0.15) is 0 Å². The third-order valence-corrected chi connectivity index (χ3v) is 4.39. The first-order valence-electron chi connectivity index (χ1n) is 7.63. The van der Waals surface area contributed by atoms with Crippen LogP contribution in [0.25, 0.3) is 5.69 Å². The van der Waals surface area contributed by atoms with Crippen LogP contribution in [0.5, 0.6) is 0 Å². The van der Waals surface area contributed by atoms with Gasteiger partial charge in [0.15, 0.2) is 0 Å². The van der Waals surface area contributed by atoms with E-state index in [0.717, 1.165) is 37.1 Å². The summed E-state index contributed by atoms with van der Waals surface area (Å²) in [6, 6.07) is 7.52. The van der Waals surface area contributed by atoms with Gasteiger partial charge >= 0.3 is 0 Å². The van der Waals surface area contributed by atoms with Crippen LogP contribution < -0.4 is 11.1 Å². The number of carbonyl (C=O) groups excluding carboxylic acids is 1. The molecule has 0 aliphatic heterocycles. The molecule has 3 N–H and O–H groups in total. The molecule has 116 valence electrons. The Labute approximate surface area is 129 Å². The zero-order chi connectivity index (χ0) is 15.6. The van der Waals surface area contributed by atoms with Crippen LogP contribution in [-0.2, 0) is 4.79 Å². The van der Waals surface area contributed by atoms with Crippen molar-refractivity contribution in [2.24, 2.45) is 11.7 Å². The molecule has 1 aromatic heterocycles. The Morgan fingerprint density at radius 3 is 2.77 bits per heavy atom. The van der Waals surface area contributed by atoms with Crippen molar-refractivity contribution in [3.05, 3.63) is 36.7 Å². The number of nitrogens with two attached hydrogens (primary N) is 1. The van der Waals surface area contributed by atoms with Crippen LogP contribution in [-0.4, -0.2) is 26.4 Å². The normalized spacial score (nSPS) is 24.9. The quantitative estimate of drug-likeness (QED) is 0.909. The summed E-state index contributed by atoms with van der Waals surface area (Å²) in [5, 5.41) is 10.7. The van der Waals surface area contributed by atoms with Gasteiger partial charge in [-0.15, -0.1) is 5.10 Å². The van der Waals surface area contributed by atoms with Crippen LogP contribution in [0.1, 0.15) is 32.6 Å². The zero-order valence-electron chi connectivity index (χ0n) is 12.7. The van der Waals surface area contributed by atoms with Gasteiger partial charge in [0.1, 0.15) is 0 Å². The van der Waals surface area contributed by atoms with Crippen molar-refractivity contribution in [2.45, 2.75) is 38.1 Å². The summed E-state index contributed by atoms with van der Waals surface area (Å²) in [6.07, 6.45) is 7.32. The summed E-state index contributed by atoms with van der Waals surface area (Å²) >= 11 is 0. The lowest BCUT2D eigenvalue weighted by molar-refractivity contribution is -0.122. The van der Waals surface area contributed by atoms with Crippen LogP contribution in [0.3, 0.4) is 0 Å². The maximum Gasteiger partial charge on any atom is 0.229 e. The second-order valence-electron chi connectivity index (χ2n) is 6.19. The maximum absolute atomic E-state index is 12.5. The van der Waals surface area contributed by atoms with E-state index in [-0.39, 0.29) is 11.8 Å². The predicted molar refractivity (Wildman–Crippen MR) is 84.5 cm³/mol. The smallest absolute Gasteiger partial charge is 0.229 e. The van der Waals surface area contributed by atoms with Gasteiger partial charge in [-0.25, -0.2) is 4.68 Å². The Morgan fingerprint density at radius 2 is 2.14 bits per heavy atom. The second-order valence-corrected chi connectivity index (χ2v) is 6.19. The lowest BCUT2D eigenvalue weighted by Crippen LogP contribution is -2.51. The maximum atomic E-state index is 12.5. The molecule has 0 spiro atoms. The predicted octanol–water partition coefficient (Wildman–Crippen LogP) is 2.11. The van der Waals surface area contributed by atoms with E-state index in [2.05, 4.69) is 15.6 Å². The SMILES string of the molecule is CC1(N)CCCCC1C(=O)Nc1ccc(-n2ccnn2)cc1. The van der Waals surface area contributed by atoms with E-state index in [0.29, 0.717) is 0 Å². The van der Waals surface area contributed by atoms with Gasteiger partial charge < -0.3 is 11.1 Å². The first-order chi connectivity index (χ1) is 10.6. The average Bonchev–Trinajstić information content (AvgIpc) is 3.01. The van der Waals surface area contributed by atoms with Crippen molar-refractivity contribution < 1.29 is 4.79 Å². The summed E-state index contributed by atoms with van der Waals surface area (Å²) in [6.45, 7) is 1.98. The molecule has 22 heavy (non-hydrogen) atoms. The van der Waals surface area contributed by atoms with Crippen molar-refractivity contribution >= 4 is 11.6 Å². The van der Waals surface area contributed by atoms with Crippen LogP contribution >= 0.6 is 0 Å². The molecule has 1 aliphatic rings. The molecule has 1 saturated carbocycles. The first kappa shape index (κ1) is 14.7. The van der Waals surface area contributed by atoms with Gasteiger partial charge in [0, 0.05) is 11.2 Å². The Morgan fingerprint density at radius 1 is 1.36 bits per heavy atom. The minimum Gasteiger partial charge on any atom is -0.326 e. The number of hydrogen-bond acceptors (Lipinski definition) is 4. The monoisotopic (exact) mass is 299 g/mol. The molecule has 2 unspecified atom stereocenters. The summed E-state index contributed by atoms with van der Waals surface area (Å²) in [7, 11) is 0. The highest BCUT2D eigenvalue weighted by molar-refractivity contribution is 5.93. The first-order valence-corrected chi connectivity index (χ1v) is 7.63. The van der Waals surface area contributed by atoms with Crippen LogP contribution in [0.2, 0.25) is 0 Å². The third kappa shape index (κ3) is 3.01. The average molecular weight is 299 g/mol. The molecular formula is C16H21N5O. The zero-order valence-corrected chi connectivity index (χ0v) is 12.7. The Kier molecular flexibility index (Phi) is 3.94. The Balaban J connectivity index is 1.69. The third-order valence-electron chi connectivity index (χ3n) is 4.39. The molecule has 3 rings (SSSR count). The van der Waals surface area contributed by atoms with E-state index in [9.17, 15) is 4.79 Å². The lowest BCUT2D eigenvalue weighted by atomic mass is 9.74. The molecule has 1 amide bonds. The standard InChI is InChI=1S/C16H21N5O/c1-16(17)9-3-2-4-14(16)15(22)19-12-5-7-13(8-6-12)21-11-10-18-20-21/h5-8,10-11,14H,2-4,9,17H2,1H3,(H,19,22). The number of carbonyl (C=O) groups is 1. The van der Waals surface area contributed by atoms with E-state index in [1.165, 1.54) is 0 Å². The van der Waals surface area contributed by atoms with Crippen molar-refractivity contribution in [2.75, 3.05) is 5.32 Å². The summed E-state index contributed by atoms with van der Waals surface area (Å²) in [5.74, 6) is -0.116. The minimum atomic E-state index is -0.414. The van der Waals surface area contributed by atoms with E-state index < -0.39 is 5.54 Å². The molecule has 1 fully saturated rings.